The number of anilines is 1. The Labute approximate surface area is 165 Å². The molecular weight excluding hydrogens is 413 g/mol. The van der Waals surface area contributed by atoms with E-state index < -0.39 is 10.0 Å². The Morgan fingerprint density at radius 3 is 2.77 bits per heavy atom. The highest BCUT2D eigenvalue weighted by molar-refractivity contribution is 7.99. The first kappa shape index (κ1) is 17.7. The number of benzene rings is 2. The smallest absolute Gasteiger partial charge is 0.263 e. The first-order chi connectivity index (χ1) is 12.4. The number of halogens is 2. The highest BCUT2D eigenvalue weighted by Gasteiger charge is 2.22. The van der Waals surface area contributed by atoms with E-state index in [0.29, 0.717) is 16.3 Å². The minimum Gasteiger partial charge on any atom is -0.325 e. The number of nitrogens with one attached hydrogen (secondary N) is 1. The van der Waals surface area contributed by atoms with Gasteiger partial charge in [0.05, 0.1) is 16.4 Å². The molecule has 0 bridgehead atoms. The number of thioether (sulfide) groups is 1. The molecule has 2 heterocycles. The van der Waals surface area contributed by atoms with Crippen LogP contribution in [0.2, 0.25) is 10.0 Å². The lowest BCUT2D eigenvalue weighted by molar-refractivity contribution is 0.601. The van der Waals surface area contributed by atoms with Crippen LogP contribution in [0.1, 0.15) is 0 Å². The van der Waals surface area contributed by atoms with E-state index in [0.717, 1.165) is 23.1 Å². The molecule has 134 valence electrons. The van der Waals surface area contributed by atoms with E-state index in [1.54, 1.807) is 30.0 Å². The molecule has 4 rings (SSSR count). The number of aromatic nitrogens is 2. The van der Waals surface area contributed by atoms with Gasteiger partial charge in [-0.25, -0.2) is 13.4 Å². The number of aryl methyl sites for hydroxylation is 1. The molecule has 0 radical (unpaired) electrons. The molecule has 3 aromatic rings. The molecular formula is C17H13Cl2N3O2S2. The minimum absolute atomic E-state index is 0.0654. The summed E-state index contributed by atoms with van der Waals surface area (Å²) in [6.45, 7) is 0.902. The summed E-state index contributed by atoms with van der Waals surface area (Å²) in [4.78, 5) is 4.53. The molecule has 1 aromatic heterocycles. The summed E-state index contributed by atoms with van der Waals surface area (Å²) >= 11 is 13.7. The van der Waals surface area contributed by atoms with Crippen LogP contribution < -0.4 is 4.72 Å². The number of rotatable bonds is 4. The van der Waals surface area contributed by atoms with Gasteiger partial charge in [0.1, 0.15) is 4.90 Å². The summed E-state index contributed by atoms with van der Waals surface area (Å²) in [5.74, 6) is 1.00. The van der Waals surface area contributed by atoms with Gasteiger partial charge in [-0.15, -0.1) is 0 Å². The van der Waals surface area contributed by atoms with Crippen LogP contribution in [0.25, 0.3) is 11.3 Å². The van der Waals surface area contributed by atoms with E-state index in [4.69, 9.17) is 23.2 Å². The third kappa shape index (κ3) is 3.32. The van der Waals surface area contributed by atoms with Crippen molar-refractivity contribution in [3.05, 3.63) is 58.7 Å². The van der Waals surface area contributed by atoms with Crippen LogP contribution >= 0.6 is 35.0 Å². The van der Waals surface area contributed by atoms with Crippen molar-refractivity contribution in [3.63, 3.8) is 0 Å². The molecule has 1 N–H and O–H groups in total. The van der Waals surface area contributed by atoms with Crippen LogP contribution in [0.15, 0.2) is 58.7 Å². The summed E-state index contributed by atoms with van der Waals surface area (Å²) in [5.41, 5.74) is 1.87. The first-order valence-electron chi connectivity index (χ1n) is 7.71. The topological polar surface area (TPSA) is 64.0 Å². The van der Waals surface area contributed by atoms with Crippen LogP contribution in [0.3, 0.4) is 0 Å². The van der Waals surface area contributed by atoms with Crippen LogP contribution in [-0.4, -0.2) is 23.7 Å². The van der Waals surface area contributed by atoms with Gasteiger partial charge in [-0.3, -0.25) is 4.72 Å². The molecule has 1 aliphatic rings. The second-order valence-corrected chi connectivity index (χ2v) is 9.23. The normalized spacial score (nSPS) is 13.6. The zero-order valence-corrected chi connectivity index (χ0v) is 16.5. The summed E-state index contributed by atoms with van der Waals surface area (Å²) in [5, 5.41) is 1.35. The fraction of sp³-hybridized carbons (Fsp3) is 0.118. The van der Waals surface area contributed by atoms with Crippen molar-refractivity contribution < 1.29 is 8.42 Å². The van der Waals surface area contributed by atoms with Crippen molar-refractivity contribution in [1.29, 1.82) is 0 Å². The zero-order valence-electron chi connectivity index (χ0n) is 13.3. The highest BCUT2D eigenvalue weighted by atomic mass is 35.5. The fourth-order valence-corrected chi connectivity index (χ4v) is 5.50. The molecule has 0 aliphatic carbocycles. The maximum atomic E-state index is 12.8. The Balaban J connectivity index is 1.74. The van der Waals surface area contributed by atoms with Crippen molar-refractivity contribution in [1.82, 2.24) is 9.55 Å². The van der Waals surface area contributed by atoms with Gasteiger partial charge >= 0.3 is 0 Å². The Bertz CT molecular complexity index is 1080. The van der Waals surface area contributed by atoms with Gasteiger partial charge in [-0.05, 0) is 24.3 Å². The second-order valence-electron chi connectivity index (χ2n) is 5.68. The van der Waals surface area contributed by atoms with Crippen molar-refractivity contribution in [2.75, 3.05) is 10.5 Å². The van der Waals surface area contributed by atoms with Crippen LogP contribution in [0.5, 0.6) is 0 Å². The number of hydrogen-bond acceptors (Lipinski definition) is 4. The number of para-hydroxylation sites is 1. The van der Waals surface area contributed by atoms with Gasteiger partial charge in [0.15, 0.2) is 5.16 Å². The molecule has 26 heavy (non-hydrogen) atoms. The molecule has 0 unspecified atom stereocenters. The predicted octanol–water partition coefficient (Wildman–Crippen LogP) is 4.76. The van der Waals surface area contributed by atoms with Crippen LogP contribution in [-0.2, 0) is 16.6 Å². The Morgan fingerprint density at radius 1 is 1.15 bits per heavy atom. The van der Waals surface area contributed by atoms with Crippen molar-refractivity contribution in [2.24, 2.45) is 0 Å². The lowest BCUT2D eigenvalue weighted by Crippen LogP contribution is -2.14. The lowest BCUT2D eigenvalue weighted by Gasteiger charge is -2.12. The Morgan fingerprint density at radius 2 is 1.96 bits per heavy atom. The average molecular weight is 426 g/mol. The lowest BCUT2D eigenvalue weighted by atomic mass is 10.1. The molecule has 0 atom stereocenters. The van der Waals surface area contributed by atoms with Crippen molar-refractivity contribution in [3.8, 4) is 11.3 Å². The van der Waals surface area contributed by atoms with Gasteiger partial charge in [0.2, 0.25) is 0 Å². The monoisotopic (exact) mass is 425 g/mol. The summed E-state index contributed by atoms with van der Waals surface area (Å²) < 4.78 is 30.3. The number of fused-ring (bicyclic) bond motifs is 1. The standard InChI is InChI=1S/C17H13Cl2N3O2S2/c18-11-5-6-13(19)16(9-11)26(23,24)21-14-4-2-1-3-12(14)15-10-22-7-8-25-17(22)20-15/h1-6,9-10,21H,7-8H2. The maximum absolute atomic E-state index is 12.8. The highest BCUT2D eigenvalue weighted by Crippen LogP contribution is 2.34. The Hall–Kier alpha value is -1.67. The number of nitrogens with zero attached hydrogens (tertiary/aromatic N) is 2. The van der Waals surface area contributed by atoms with Gasteiger partial charge in [-0.2, -0.15) is 0 Å². The molecule has 5 nitrogen and oxygen atoms in total. The van der Waals surface area contributed by atoms with Gasteiger partial charge in [-0.1, -0.05) is 53.2 Å². The third-order valence-corrected chi connectivity index (χ3v) is 6.99. The number of sulfonamides is 1. The maximum Gasteiger partial charge on any atom is 0.263 e. The second kappa shape index (κ2) is 6.81. The van der Waals surface area contributed by atoms with E-state index in [2.05, 4.69) is 14.3 Å². The predicted molar refractivity (Wildman–Crippen MR) is 106 cm³/mol. The van der Waals surface area contributed by atoms with E-state index in [1.807, 2.05) is 18.3 Å². The van der Waals surface area contributed by atoms with Gasteiger partial charge in [0, 0.05) is 29.1 Å². The molecule has 0 amide bonds. The molecule has 0 saturated carbocycles. The van der Waals surface area contributed by atoms with Crippen molar-refractivity contribution >= 4 is 50.7 Å². The van der Waals surface area contributed by atoms with Gasteiger partial charge in [0.25, 0.3) is 10.0 Å². The molecule has 0 spiro atoms. The van der Waals surface area contributed by atoms with Crippen LogP contribution in [0, 0.1) is 0 Å². The van der Waals surface area contributed by atoms with E-state index >= 15 is 0 Å². The SMILES string of the molecule is O=S(=O)(Nc1ccccc1-c1cn2c(n1)SCC2)c1cc(Cl)ccc1Cl. The van der Waals surface area contributed by atoms with Crippen molar-refractivity contribution in [2.45, 2.75) is 16.6 Å². The molecule has 1 aliphatic heterocycles. The number of imidazole rings is 1. The molecule has 2 aromatic carbocycles. The third-order valence-electron chi connectivity index (χ3n) is 3.93. The molecule has 0 fully saturated rings. The first-order valence-corrected chi connectivity index (χ1v) is 10.9. The summed E-state index contributed by atoms with van der Waals surface area (Å²) in [7, 11) is -3.90. The summed E-state index contributed by atoms with van der Waals surface area (Å²) in [6, 6.07) is 11.5. The minimum atomic E-state index is -3.90. The average Bonchev–Trinajstić information content (AvgIpc) is 3.19. The van der Waals surface area contributed by atoms with Crippen LogP contribution in [0.4, 0.5) is 5.69 Å². The quantitative estimate of drug-likeness (QED) is 0.653. The zero-order chi connectivity index (χ0) is 18.3. The van der Waals surface area contributed by atoms with E-state index in [-0.39, 0.29) is 9.92 Å². The number of hydrogen-bond donors (Lipinski definition) is 1. The summed E-state index contributed by atoms with van der Waals surface area (Å²) in [6.07, 6.45) is 1.94. The van der Waals surface area contributed by atoms with E-state index in [1.165, 1.54) is 12.1 Å². The molecule has 9 heteroatoms. The Kier molecular flexibility index (Phi) is 4.64. The molecule has 0 saturated heterocycles. The van der Waals surface area contributed by atoms with Gasteiger partial charge < -0.3 is 4.57 Å². The largest absolute Gasteiger partial charge is 0.325 e. The fourth-order valence-electron chi connectivity index (χ4n) is 2.72. The van der Waals surface area contributed by atoms with E-state index in [9.17, 15) is 8.42 Å².